The fourth-order valence-corrected chi connectivity index (χ4v) is 3.87. The number of alkyl halides is 2. The van der Waals surface area contributed by atoms with Crippen LogP contribution < -0.4 is 15.8 Å². The first-order chi connectivity index (χ1) is 12.4. The fraction of sp³-hybridized carbons (Fsp3) is 0.0588. The van der Waals surface area contributed by atoms with Crippen molar-refractivity contribution in [2.75, 3.05) is 5.32 Å². The second-order valence-corrected chi connectivity index (χ2v) is 6.55. The minimum Gasteiger partial charge on any atom is -0.434 e. The molecule has 26 heavy (non-hydrogen) atoms. The lowest BCUT2D eigenvalue weighted by Gasteiger charge is -2.08. The predicted molar refractivity (Wildman–Crippen MR) is 96.4 cm³/mol. The summed E-state index contributed by atoms with van der Waals surface area (Å²) in [6, 6.07) is 10.7. The molecule has 2 aromatic carbocycles. The van der Waals surface area contributed by atoms with Crippen molar-refractivity contribution < 1.29 is 23.1 Å². The van der Waals surface area contributed by atoms with Crippen molar-refractivity contribution in [3.63, 3.8) is 0 Å². The largest absolute Gasteiger partial charge is 0.434 e. The molecule has 134 valence electrons. The fourth-order valence-electron chi connectivity index (χ4n) is 2.41. The molecule has 0 spiro atoms. The SMILES string of the molecule is NC(=O)c1ccccc1NC(=O)c1sc2cccc(OC(F)F)c2c1Cl. The molecule has 3 aromatic rings. The molecule has 0 aliphatic heterocycles. The van der Waals surface area contributed by atoms with E-state index < -0.39 is 18.4 Å². The van der Waals surface area contributed by atoms with Crippen molar-refractivity contribution in [3.05, 3.63) is 57.9 Å². The van der Waals surface area contributed by atoms with Crippen LogP contribution in [0.4, 0.5) is 14.5 Å². The Morgan fingerprint density at radius 1 is 1.15 bits per heavy atom. The summed E-state index contributed by atoms with van der Waals surface area (Å²) in [6.45, 7) is -3.02. The van der Waals surface area contributed by atoms with E-state index in [1.54, 1.807) is 18.2 Å². The molecule has 0 atom stereocenters. The van der Waals surface area contributed by atoms with Crippen molar-refractivity contribution >= 4 is 50.5 Å². The van der Waals surface area contributed by atoms with Crippen molar-refractivity contribution in [3.8, 4) is 5.75 Å². The maximum atomic E-state index is 12.6. The average molecular weight is 397 g/mol. The monoisotopic (exact) mass is 396 g/mol. The van der Waals surface area contributed by atoms with Crippen LogP contribution in [0.1, 0.15) is 20.0 Å². The van der Waals surface area contributed by atoms with Gasteiger partial charge in [-0.1, -0.05) is 29.8 Å². The third kappa shape index (κ3) is 3.47. The van der Waals surface area contributed by atoms with Gasteiger partial charge in [0.05, 0.1) is 21.7 Å². The first-order valence-electron chi connectivity index (χ1n) is 7.24. The Labute approximate surface area is 155 Å². The Bertz CT molecular complexity index is 1010. The topological polar surface area (TPSA) is 81.4 Å². The minimum absolute atomic E-state index is 0.00435. The summed E-state index contributed by atoms with van der Waals surface area (Å²) < 4.78 is 30.1. The lowest BCUT2D eigenvalue weighted by molar-refractivity contribution is -0.0487. The molecular weight excluding hydrogens is 386 g/mol. The zero-order valence-electron chi connectivity index (χ0n) is 13.0. The van der Waals surface area contributed by atoms with Crippen molar-refractivity contribution in [1.82, 2.24) is 0 Å². The van der Waals surface area contributed by atoms with Crippen LogP contribution in [-0.2, 0) is 0 Å². The number of halogens is 3. The van der Waals surface area contributed by atoms with Gasteiger partial charge in [-0.25, -0.2) is 0 Å². The smallest absolute Gasteiger partial charge is 0.387 e. The standard InChI is InChI=1S/C17H11ClF2N2O3S/c18-13-12-10(25-17(19)20)6-3-7-11(12)26-14(13)16(24)22-9-5-2-1-4-8(9)15(21)23/h1-7,17H,(H2,21,23)(H,22,24). The van der Waals surface area contributed by atoms with E-state index in [-0.39, 0.29) is 32.3 Å². The zero-order chi connectivity index (χ0) is 18.8. The predicted octanol–water partition coefficient (Wildman–Crippen LogP) is 4.51. The van der Waals surface area contributed by atoms with Crippen LogP contribution in [0, 0.1) is 0 Å². The van der Waals surface area contributed by atoms with Crippen LogP contribution in [0.25, 0.3) is 10.1 Å². The summed E-state index contributed by atoms with van der Waals surface area (Å²) in [5.74, 6) is -1.40. The number of hydrogen-bond acceptors (Lipinski definition) is 4. The Morgan fingerprint density at radius 2 is 1.88 bits per heavy atom. The molecule has 0 saturated carbocycles. The maximum absolute atomic E-state index is 12.6. The molecule has 0 aliphatic rings. The average Bonchev–Trinajstić information content (AvgIpc) is 2.93. The molecule has 5 nitrogen and oxygen atoms in total. The number of para-hydroxylation sites is 1. The van der Waals surface area contributed by atoms with Gasteiger partial charge in [0, 0.05) is 4.70 Å². The number of carbonyl (C=O) groups is 2. The van der Waals surface area contributed by atoms with Crippen molar-refractivity contribution in [2.45, 2.75) is 6.61 Å². The van der Waals surface area contributed by atoms with Crippen LogP contribution >= 0.6 is 22.9 Å². The van der Waals surface area contributed by atoms with E-state index in [0.29, 0.717) is 4.70 Å². The number of primary amides is 1. The quantitative estimate of drug-likeness (QED) is 0.665. The highest BCUT2D eigenvalue weighted by Crippen LogP contribution is 2.41. The summed E-state index contributed by atoms with van der Waals surface area (Å²) in [7, 11) is 0. The molecule has 1 heterocycles. The molecule has 2 amide bonds. The van der Waals surface area contributed by atoms with Crippen LogP contribution in [0.15, 0.2) is 42.5 Å². The first-order valence-corrected chi connectivity index (χ1v) is 8.44. The van der Waals surface area contributed by atoms with E-state index in [4.69, 9.17) is 17.3 Å². The Kier molecular flexibility index (Phi) is 5.06. The summed E-state index contributed by atoms with van der Waals surface area (Å²) in [6.07, 6.45) is 0. The minimum atomic E-state index is -3.02. The number of carbonyl (C=O) groups excluding carboxylic acids is 2. The number of benzene rings is 2. The third-order valence-corrected chi connectivity index (χ3v) is 5.13. The van der Waals surface area contributed by atoms with Gasteiger partial charge >= 0.3 is 6.61 Å². The third-order valence-electron chi connectivity index (χ3n) is 3.48. The van der Waals surface area contributed by atoms with Crippen LogP contribution in [-0.4, -0.2) is 18.4 Å². The number of amides is 2. The Balaban J connectivity index is 2.00. The lowest BCUT2D eigenvalue weighted by atomic mass is 10.1. The van der Waals surface area contributed by atoms with E-state index in [1.807, 2.05) is 0 Å². The van der Waals surface area contributed by atoms with Gasteiger partial charge < -0.3 is 15.8 Å². The van der Waals surface area contributed by atoms with E-state index in [1.165, 1.54) is 24.3 Å². The van der Waals surface area contributed by atoms with Crippen LogP contribution in [0.3, 0.4) is 0 Å². The molecule has 1 aromatic heterocycles. The van der Waals surface area contributed by atoms with Crippen LogP contribution in [0.2, 0.25) is 5.02 Å². The lowest BCUT2D eigenvalue weighted by Crippen LogP contribution is -2.17. The summed E-state index contributed by atoms with van der Waals surface area (Å²) in [5, 5.41) is 2.79. The molecule has 0 saturated heterocycles. The van der Waals surface area contributed by atoms with Crippen LogP contribution in [0.5, 0.6) is 5.75 Å². The second-order valence-electron chi connectivity index (χ2n) is 5.12. The highest BCUT2D eigenvalue weighted by atomic mass is 35.5. The molecule has 0 fully saturated rings. The Hall–Kier alpha value is -2.71. The van der Waals surface area contributed by atoms with Crippen molar-refractivity contribution in [1.29, 1.82) is 0 Å². The van der Waals surface area contributed by atoms with Gasteiger partial charge in [-0.2, -0.15) is 8.78 Å². The highest BCUT2D eigenvalue weighted by molar-refractivity contribution is 7.21. The number of nitrogens with two attached hydrogens (primary N) is 1. The molecule has 3 N–H and O–H groups in total. The van der Waals surface area contributed by atoms with E-state index in [9.17, 15) is 18.4 Å². The van der Waals surface area contributed by atoms with Gasteiger partial charge in [0.25, 0.3) is 11.8 Å². The van der Waals surface area contributed by atoms with Gasteiger partial charge in [0.15, 0.2) is 0 Å². The van der Waals surface area contributed by atoms with Gasteiger partial charge in [-0.05, 0) is 24.3 Å². The molecule has 9 heteroatoms. The number of fused-ring (bicyclic) bond motifs is 1. The zero-order valence-corrected chi connectivity index (χ0v) is 14.5. The normalized spacial score (nSPS) is 10.9. The van der Waals surface area contributed by atoms with E-state index in [0.717, 1.165) is 11.3 Å². The van der Waals surface area contributed by atoms with Gasteiger partial charge in [-0.3, -0.25) is 9.59 Å². The molecular formula is C17H11ClF2N2O3S. The molecule has 0 unspecified atom stereocenters. The van der Waals surface area contributed by atoms with Gasteiger partial charge in [-0.15, -0.1) is 11.3 Å². The molecule has 0 radical (unpaired) electrons. The van der Waals surface area contributed by atoms with Gasteiger partial charge in [0.2, 0.25) is 0 Å². The highest BCUT2D eigenvalue weighted by Gasteiger charge is 2.22. The number of anilines is 1. The number of hydrogen-bond donors (Lipinski definition) is 2. The summed E-state index contributed by atoms with van der Waals surface area (Å²) in [5.41, 5.74) is 5.65. The van der Waals surface area contributed by atoms with E-state index in [2.05, 4.69) is 10.1 Å². The molecule has 0 bridgehead atoms. The molecule has 0 aliphatic carbocycles. The number of rotatable bonds is 5. The first kappa shape index (κ1) is 18.1. The van der Waals surface area contributed by atoms with Crippen molar-refractivity contribution in [2.24, 2.45) is 5.73 Å². The summed E-state index contributed by atoms with van der Waals surface area (Å²) >= 11 is 7.26. The number of thiophene rings is 1. The second kappa shape index (κ2) is 7.27. The number of ether oxygens (including phenoxy) is 1. The van der Waals surface area contributed by atoms with Gasteiger partial charge in [0.1, 0.15) is 10.6 Å². The molecule has 3 rings (SSSR count). The Morgan fingerprint density at radius 3 is 2.58 bits per heavy atom. The number of nitrogens with one attached hydrogen (secondary N) is 1. The maximum Gasteiger partial charge on any atom is 0.387 e. The summed E-state index contributed by atoms with van der Waals surface area (Å²) in [4.78, 5) is 24.1. The van der Waals surface area contributed by atoms with E-state index >= 15 is 0 Å².